The molecule has 8 nitrogen and oxygen atoms in total. The normalized spacial score (nSPS) is 15.4. The molecular weight excluding hydrogens is 506 g/mol. The number of carbonyl (C=O) groups is 4. The first kappa shape index (κ1) is 28.5. The highest BCUT2D eigenvalue weighted by atomic mass is 16.5. The Bertz CT molecular complexity index is 1330. The zero-order chi connectivity index (χ0) is 28.5. The Labute approximate surface area is 234 Å². The van der Waals surface area contributed by atoms with Crippen LogP contribution in [-0.2, 0) is 38.6 Å². The summed E-state index contributed by atoms with van der Waals surface area (Å²) in [4.78, 5) is 52.3. The van der Waals surface area contributed by atoms with Crippen LogP contribution in [0, 0.1) is 5.92 Å². The van der Waals surface area contributed by atoms with Crippen molar-refractivity contribution in [3.05, 3.63) is 107 Å². The molecule has 1 aliphatic carbocycles. The van der Waals surface area contributed by atoms with Gasteiger partial charge in [0.05, 0.1) is 12.1 Å². The zero-order valence-corrected chi connectivity index (χ0v) is 22.8. The lowest BCUT2D eigenvalue weighted by atomic mass is 9.97. The first-order valence-electron chi connectivity index (χ1n) is 13.6. The van der Waals surface area contributed by atoms with Crippen LogP contribution in [0.15, 0.2) is 84.9 Å². The standard InChI is InChI=1S/C32H35N3O5/c1-21(2)28(29(36)31(38)33-26-18-17-24-15-9-10-16-25(24)26)35-30(37)27(19-22-11-5-3-6-12-22)34-32(39)40-20-23-13-7-4-8-14-23/h3-16,21,26-28H,17-20H2,1-2H3,(H,33,38)(H,34,39)(H,35,37)/t26-,27-,28-/m0/s1. The molecule has 40 heavy (non-hydrogen) atoms. The minimum Gasteiger partial charge on any atom is -0.445 e. The van der Waals surface area contributed by atoms with Gasteiger partial charge in [0.1, 0.15) is 12.6 Å². The Morgan fingerprint density at radius 3 is 2.12 bits per heavy atom. The van der Waals surface area contributed by atoms with Crippen LogP contribution in [0.1, 0.15) is 48.6 Å². The summed E-state index contributed by atoms with van der Waals surface area (Å²) in [6.45, 7) is 3.56. The van der Waals surface area contributed by atoms with E-state index >= 15 is 0 Å². The monoisotopic (exact) mass is 541 g/mol. The Morgan fingerprint density at radius 2 is 1.45 bits per heavy atom. The van der Waals surface area contributed by atoms with Crippen LogP contribution in [-0.4, -0.2) is 35.8 Å². The van der Waals surface area contributed by atoms with E-state index in [4.69, 9.17) is 4.74 Å². The third-order valence-electron chi connectivity index (χ3n) is 7.01. The largest absolute Gasteiger partial charge is 0.445 e. The van der Waals surface area contributed by atoms with Crippen molar-refractivity contribution in [1.82, 2.24) is 16.0 Å². The summed E-state index contributed by atoms with van der Waals surface area (Å²) in [5.74, 6) is -2.40. The molecule has 3 N–H and O–H groups in total. The molecule has 0 fully saturated rings. The fourth-order valence-electron chi connectivity index (χ4n) is 4.83. The maximum absolute atomic E-state index is 13.4. The lowest BCUT2D eigenvalue weighted by molar-refractivity contribution is -0.141. The minimum absolute atomic E-state index is 0.0456. The van der Waals surface area contributed by atoms with Gasteiger partial charge in [-0.15, -0.1) is 0 Å². The number of ether oxygens (including phenoxy) is 1. The molecule has 0 heterocycles. The quantitative estimate of drug-likeness (QED) is 0.317. The molecule has 0 aliphatic heterocycles. The van der Waals surface area contributed by atoms with Crippen molar-refractivity contribution in [2.45, 2.75) is 57.8 Å². The Morgan fingerprint density at radius 1 is 0.825 bits per heavy atom. The second-order valence-corrected chi connectivity index (χ2v) is 10.3. The maximum Gasteiger partial charge on any atom is 0.408 e. The van der Waals surface area contributed by atoms with Gasteiger partial charge in [0, 0.05) is 6.42 Å². The summed E-state index contributed by atoms with van der Waals surface area (Å²) < 4.78 is 5.33. The molecule has 0 saturated heterocycles. The fraction of sp³-hybridized carbons (Fsp3) is 0.312. The molecule has 4 rings (SSSR count). The van der Waals surface area contributed by atoms with E-state index in [1.165, 1.54) is 0 Å². The second-order valence-electron chi connectivity index (χ2n) is 10.3. The molecule has 208 valence electrons. The molecule has 0 aromatic heterocycles. The molecule has 0 spiro atoms. The average molecular weight is 542 g/mol. The number of hydrogen-bond donors (Lipinski definition) is 3. The molecule has 0 saturated carbocycles. The molecule has 0 radical (unpaired) electrons. The van der Waals surface area contributed by atoms with Crippen molar-refractivity contribution in [3.8, 4) is 0 Å². The van der Waals surface area contributed by atoms with E-state index in [-0.39, 0.29) is 25.0 Å². The van der Waals surface area contributed by atoms with Crippen molar-refractivity contribution in [3.63, 3.8) is 0 Å². The average Bonchev–Trinajstić information content (AvgIpc) is 3.37. The minimum atomic E-state index is -1.07. The van der Waals surface area contributed by atoms with Gasteiger partial charge in [-0.3, -0.25) is 14.4 Å². The molecule has 0 bridgehead atoms. The first-order valence-corrected chi connectivity index (χ1v) is 13.6. The highest BCUT2D eigenvalue weighted by Gasteiger charge is 2.34. The van der Waals surface area contributed by atoms with Crippen LogP contribution < -0.4 is 16.0 Å². The van der Waals surface area contributed by atoms with E-state index in [0.717, 1.165) is 28.7 Å². The molecule has 3 atom stereocenters. The SMILES string of the molecule is CC(C)[C@H](NC(=O)[C@H](Cc1ccccc1)NC(=O)OCc1ccccc1)C(=O)C(=O)N[C@H]1CCc2ccccc21. The molecule has 3 amide bonds. The molecule has 1 aliphatic rings. The zero-order valence-electron chi connectivity index (χ0n) is 22.8. The lowest BCUT2D eigenvalue weighted by Crippen LogP contribution is -2.56. The summed E-state index contributed by atoms with van der Waals surface area (Å²) in [7, 11) is 0. The van der Waals surface area contributed by atoms with E-state index in [1.54, 1.807) is 13.8 Å². The number of ketones is 1. The van der Waals surface area contributed by atoms with Crippen LogP contribution in [0.2, 0.25) is 0 Å². The number of hydrogen-bond acceptors (Lipinski definition) is 5. The first-order chi connectivity index (χ1) is 19.3. The van der Waals surface area contributed by atoms with Crippen molar-refractivity contribution in [2.75, 3.05) is 0 Å². The van der Waals surface area contributed by atoms with E-state index in [9.17, 15) is 19.2 Å². The summed E-state index contributed by atoms with van der Waals surface area (Å²) >= 11 is 0. The number of carbonyl (C=O) groups excluding carboxylic acids is 4. The number of aryl methyl sites for hydroxylation is 1. The smallest absolute Gasteiger partial charge is 0.408 e. The van der Waals surface area contributed by atoms with Crippen LogP contribution in [0.25, 0.3) is 0 Å². The third-order valence-corrected chi connectivity index (χ3v) is 7.01. The van der Waals surface area contributed by atoms with Gasteiger partial charge >= 0.3 is 6.09 Å². The molecule has 8 heteroatoms. The van der Waals surface area contributed by atoms with Gasteiger partial charge < -0.3 is 20.7 Å². The highest BCUT2D eigenvalue weighted by Crippen LogP contribution is 2.30. The number of fused-ring (bicyclic) bond motifs is 1. The summed E-state index contributed by atoms with van der Waals surface area (Å²) in [5, 5.41) is 8.20. The van der Waals surface area contributed by atoms with Crippen molar-refractivity contribution in [1.29, 1.82) is 0 Å². The summed E-state index contributed by atoms with van der Waals surface area (Å²) in [5.41, 5.74) is 3.79. The van der Waals surface area contributed by atoms with Crippen molar-refractivity contribution in [2.24, 2.45) is 5.92 Å². The van der Waals surface area contributed by atoms with Gasteiger partial charge in [0.2, 0.25) is 11.7 Å². The van der Waals surface area contributed by atoms with E-state index in [2.05, 4.69) is 16.0 Å². The predicted octanol–water partition coefficient (Wildman–Crippen LogP) is 4.04. The molecule has 0 unspecified atom stereocenters. The predicted molar refractivity (Wildman–Crippen MR) is 151 cm³/mol. The molecule has 3 aromatic rings. The number of alkyl carbamates (subject to hydrolysis) is 1. The number of benzene rings is 3. The Balaban J connectivity index is 1.42. The van der Waals surface area contributed by atoms with Crippen LogP contribution in [0.5, 0.6) is 0 Å². The maximum atomic E-state index is 13.4. The topological polar surface area (TPSA) is 114 Å². The van der Waals surface area contributed by atoms with Gasteiger partial charge in [-0.2, -0.15) is 0 Å². The van der Waals surface area contributed by atoms with E-state index < -0.39 is 35.8 Å². The number of rotatable bonds is 11. The summed E-state index contributed by atoms with van der Waals surface area (Å²) in [6.07, 6.45) is 0.958. The molecule has 3 aromatic carbocycles. The van der Waals surface area contributed by atoms with Gasteiger partial charge in [-0.1, -0.05) is 98.8 Å². The Hall–Kier alpha value is -4.46. The van der Waals surface area contributed by atoms with Gasteiger partial charge in [-0.25, -0.2) is 4.79 Å². The third kappa shape index (κ3) is 7.56. The lowest BCUT2D eigenvalue weighted by Gasteiger charge is -2.25. The second kappa shape index (κ2) is 13.6. The van der Waals surface area contributed by atoms with E-state index in [1.807, 2.05) is 84.9 Å². The van der Waals surface area contributed by atoms with Crippen molar-refractivity contribution < 1.29 is 23.9 Å². The summed E-state index contributed by atoms with van der Waals surface area (Å²) in [6, 6.07) is 23.9. The van der Waals surface area contributed by atoms with Crippen LogP contribution in [0.4, 0.5) is 4.79 Å². The highest BCUT2D eigenvalue weighted by molar-refractivity contribution is 6.38. The van der Waals surface area contributed by atoms with Crippen molar-refractivity contribution >= 4 is 23.7 Å². The van der Waals surface area contributed by atoms with Crippen LogP contribution in [0.3, 0.4) is 0 Å². The van der Waals surface area contributed by atoms with Gasteiger partial charge in [0.15, 0.2) is 0 Å². The number of nitrogens with one attached hydrogen (secondary N) is 3. The Kier molecular flexibility index (Phi) is 9.67. The number of Topliss-reactive ketones (excluding diaryl/α,β-unsaturated/α-hetero) is 1. The van der Waals surface area contributed by atoms with Crippen LogP contribution >= 0.6 is 0 Å². The van der Waals surface area contributed by atoms with Gasteiger partial charge in [-0.05, 0) is 41.0 Å². The molecular formula is C32H35N3O5. The number of amides is 3. The van der Waals surface area contributed by atoms with E-state index in [0.29, 0.717) is 6.42 Å². The fourth-order valence-corrected chi connectivity index (χ4v) is 4.83. The van der Waals surface area contributed by atoms with Gasteiger partial charge in [0.25, 0.3) is 5.91 Å².